The van der Waals surface area contributed by atoms with Crippen LogP contribution in [0.5, 0.6) is 0 Å². The van der Waals surface area contributed by atoms with Crippen molar-refractivity contribution >= 4 is 27.8 Å². The average Bonchev–Trinajstić information content (AvgIpc) is 2.19. The summed E-state index contributed by atoms with van der Waals surface area (Å²) in [6.45, 7) is 1.40. The molecule has 1 aromatic carbocycles. The molecule has 0 saturated heterocycles. The number of carbonyl (C=O) groups excluding carboxylic acids is 1. The molecule has 0 radical (unpaired) electrons. The maximum Gasteiger partial charge on any atom is 0.323 e. The number of amides is 1. The highest BCUT2D eigenvalue weighted by atomic mass is 79.9. The van der Waals surface area contributed by atoms with Gasteiger partial charge in [-0.1, -0.05) is 28.1 Å². The van der Waals surface area contributed by atoms with Crippen molar-refractivity contribution < 1.29 is 14.7 Å². The molecule has 16 heavy (non-hydrogen) atoms. The van der Waals surface area contributed by atoms with E-state index in [1.165, 1.54) is 11.8 Å². The van der Waals surface area contributed by atoms with E-state index in [1.807, 2.05) is 24.3 Å². The molecule has 0 unspecified atom stereocenters. The molecule has 1 N–H and O–H groups in total. The highest BCUT2D eigenvalue weighted by molar-refractivity contribution is 9.10. The number of carbonyl (C=O) groups is 2. The van der Waals surface area contributed by atoms with E-state index in [1.54, 1.807) is 0 Å². The number of nitrogens with zero attached hydrogens (tertiary/aromatic N) is 1. The van der Waals surface area contributed by atoms with E-state index in [9.17, 15) is 9.59 Å². The summed E-state index contributed by atoms with van der Waals surface area (Å²) in [7, 11) is 0. The minimum atomic E-state index is -1.01. The molecular weight excluding hydrogens is 274 g/mol. The molecule has 0 fully saturated rings. The molecule has 86 valence electrons. The van der Waals surface area contributed by atoms with E-state index in [-0.39, 0.29) is 12.5 Å². The van der Waals surface area contributed by atoms with Crippen molar-refractivity contribution in [2.45, 2.75) is 13.5 Å². The van der Waals surface area contributed by atoms with Crippen molar-refractivity contribution in [2.75, 3.05) is 6.54 Å². The SMILES string of the molecule is CC(=O)N(CC(=O)O)Cc1ccc(Br)cc1. The Morgan fingerprint density at radius 2 is 1.88 bits per heavy atom. The van der Waals surface area contributed by atoms with Crippen LogP contribution in [0.2, 0.25) is 0 Å². The summed E-state index contributed by atoms with van der Waals surface area (Å²) in [6, 6.07) is 7.41. The minimum absolute atomic E-state index is 0.245. The van der Waals surface area contributed by atoms with Gasteiger partial charge in [0.25, 0.3) is 0 Å². The summed E-state index contributed by atoms with van der Waals surface area (Å²) >= 11 is 3.31. The number of hydrogen-bond donors (Lipinski definition) is 1. The molecular formula is C11H12BrNO3. The molecule has 5 heteroatoms. The number of carboxylic acid groups (broad SMARTS) is 1. The van der Waals surface area contributed by atoms with Crippen molar-refractivity contribution in [3.63, 3.8) is 0 Å². The van der Waals surface area contributed by atoms with E-state index in [0.717, 1.165) is 10.0 Å². The molecule has 0 heterocycles. The Labute approximate surface area is 102 Å². The number of hydrogen-bond acceptors (Lipinski definition) is 2. The first kappa shape index (κ1) is 12.7. The zero-order valence-electron chi connectivity index (χ0n) is 8.81. The minimum Gasteiger partial charge on any atom is -0.480 e. The fourth-order valence-electron chi connectivity index (χ4n) is 1.25. The largest absolute Gasteiger partial charge is 0.480 e. The van der Waals surface area contributed by atoms with Gasteiger partial charge in [-0.05, 0) is 17.7 Å². The van der Waals surface area contributed by atoms with Gasteiger partial charge >= 0.3 is 5.97 Å². The van der Waals surface area contributed by atoms with Gasteiger partial charge in [0.1, 0.15) is 6.54 Å². The fourth-order valence-corrected chi connectivity index (χ4v) is 1.52. The van der Waals surface area contributed by atoms with Crippen LogP contribution >= 0.6 is 15.9 Å². The van der Waals surface area contributed by atoms with E-state index < -0.39 is 5.97 Å². The topological polar surface area (TPSA) is 57.6 Å². The van der Waals surface area contributed by atoms with Crippen LogP contribution in [0.1, 0.15) is 12.5 Å². The number of halogens is 1. The molecule has 1 rings (SSSR count). The van der Waals surface area contributed by atoms with Gasteiger partial charge in [-0.2, -0.15) is 0 Å². The van der Waals surface area contributed by atoms with Gasteiger partial charge in [-0.3, -0.25) is 9.59 Å². The molecule has 0 saturated carbocycles. The van der Waals surface area contributed by atoms with Crippen molar-refractivity contribution in [3.05, 3.63) is 34.3 Å². The van der Waals surface area contributed by atoms with Gasteiger partial charge in [0, 0.05) is 17.9 Å². The lowest BCUT2D eigenvalue weighted by molar-refractivity contribution is -0.144. The first-order valence-corrected chi connectivity index (χ1v) is 5.50. The van der Waals surface area contributed by atoms with Crippen LogP contribution < -0.4 is 0 Å². The molecule has 0 aliphatic rings. The second-order valence-corrected chi connectivity index (χ2v) is 4.31. The maximum atomic E-state index is 11.2. The summed E-state index contributed by atoms with van der Waals surface area (Å²) in [5.41, 5.74) is 0.902. The van der Waals surface area contributed by atoms with Crippen LogP contribution in [0.3, 0.4) is 0 Å². The summed E-state index contributed by atoms with van der Waals surface area (Å²) < 4.78 is 0.948. The molecule has 1 amide bonds. The van der Waals surface area contributed by atoms with Crippen LogP contribution in [0.4, 0.5) is 0 Å². The summed E-state index contributed by atoms with van der Waals surface area (Å²) in [5.74, 6) is -1.25. The lowest BCUT2D eigenvalue weighted by Crippen LogP contribution is -2.33. The quantitative estimate of drug-likeness (QED) is 0.919. The standard InChI is InChI=1S/C11H12BrNO3/c1-8(14)13(7-11(15)16)6-9-2-4-10(12)5-3-9/h2-5H,6-7H2,1H3,(H,15,16). The normalized spacial score (nSPS) is 9.88. The van der Waals surface area contributed by atoms with Gasteiger partial charge in [-0.25, -0.2) is 0 Å². The van der Waals surface area contributed by atoms with Crippen LogP contribution in [0.15, 0.2) is 28.7 Å². The number of rotatable bonds is 4. The van der Waals surface area contributed by atoms with E-state index >= 15 is 0 Å². The number of benzene rings is 1. The third-order valence-corrected chi connectivity index (χ3v) is 2.59. The van der Waals surface area contributed by atoms with Gasteiger partial charge < -0.3 is 10.0 Å². The zero-order valence-corrected chi connectivity index (χ0v) is 10.4. The zero-order chi connectivity index (χ0) is 12.1. The monoisotopic (exact) mass is 285 g/mol. The lowest BCUT2D eigenvalue weighted by atomic mass is 10.2. The van der Waals surface area contributed by atoms with Crippen molar-refractivity contribution in [3.8, 4) is 0 Å². The second kappa shape index (κ2) is 5.65. The first-order valence-electron chi connectivity index (χ1n) is 4.71. The van der Waals surface area contributed by atoms with Crippen LogP contribution in [0, 0.1) is 0 Å². The van der Waals surface area contributed by atoms with E-state index in [0.29, 0.717) is 6.54 Å². The van der Waals surface area contributed by atoms with Gasteiger partial charge in [0.15, 0.2) is 0 Å². The van der Waals surface area contributed by atoms with Crippen LogP contribution in [0.25, 0.3) is 0 Å². The fraction of sp³-hybridized carbons (Fsp3) is 0.273. The smallest absolute Gasteiger partial charge is 0.323 e. The Morgan fingerprint density at radius 1 is 1.31 bits per heavy atom. The third-order valence-electron chi connectivity index (χ3n) is 2.06. The number of aliphatic carboxylic acids is 1. The van der Waals surface area contributed by atoms with Crippen molar-refractivity contribution in [1.29, 1.82) is 0 Å². The molecule has 0 aromatic heterocycles. The van der Waals surface area contributed by atoms with Gasteiger partial charge in [0.05, 0.1) is 0 Å². The highest BCUT2D eigenvalue weighted by Gasteiger charge is 2.12. The van der Waals surface area contributed by atoms with Crippen molar-refractivity contribution in [1.82, 2.24) is 4.90 Å². The maximum absolute atomic E-state index is 11.2. The first-order chi connectivity index (χ1) is 7.49. The molecule has 0 bridgehead atoms. The summed E-state index contributed by atoms with van der Waals surface area (Å²) in [6.07, 6.45) is 0. The third kappa shape index (κ3) is 4.02. The lowest BCUT2D eigenvalue weighted by Gasteiger charge is -2.18. The summed E-state index contributed by atoms with van der Waals surface area (Å²) in [4.78, 5) is 23.0. The van der Waals surface area contributed by atoms with Crippen molar-refractivity contribution in [2.24, 2.45) is 0 Å². The summed E-state index contributed by atoms with van der Waals surface area (Å²) in [5, 5.41) is 8.65. The molecule has 4 nitrogen and oxygen atoms in total. The Kier molecular flexibility index (Phi) is 4.49. The molecule has 0 spiro atoms. The molecule has 1 aromatic rings. The van der Waals surface area contributed by atoms with Gasteiger partial charge in [-0.15, -0.1) is 0 Å². The Balaban J connectivity index is 2.71. The van der Waals surface area contributed by atoms with E-state index in [2.05, 4.69) is 15.9 Å². The Hall–Kier alpha value is -1.36. The predicted molar refractivity (Wildman–Crippen MR) is 62.9 cm³/mol. The Bertz CT molecular complexity index is 389. The number of carboxylic acids is 1. The van der Waals surface area contributed by atoms with Gasteiger partial charge in [0.2, 0.25) is 5.91 Å². The highest BCUT2D eigenvalue weighted by Crippen LogP contribution is 2.12. The van der Waals surface area contributed by atoms with E-state index in [4.69, 9.17) is 5.11 Å². The molecule has 0 aliphatic carbocycles. The second-order valence-electron chi connectivity index (χ2n) is 3.40. The van der Waals surface area contributed by atoms with Crippen LogP contribution in [-0.4, -0.2) is 28.4 Å². The Morgan fingerprint density at radius 3 is 2.31 bits per heavy atom. The molecule has 0 atom stereocenters. The average molecular weight is 286 g/mol. The van der Waals surface area contributed by atoms with Crippen LogP contribution in [-0.2, 0) is 16.1 Å². The molecule has 0 aliphatic heterocycles. The predicted octanol–water partition coefficient (Wildman–Crippen LogP) is 1.88.